The zero-order chi connectivity index (χ0) is 20.8. The zero-order valence-corrected chi connectivity index (χ0v) is 16.3. The largest absolute Gasteiger partial charge is 0.452 e. The first kappa shape index (κ1) is 20.1. The van der Waals surface area contributed by atoms with Crippen molar-refractivity contribution in [3.63, 3.8) is 0 Å². The summed E-state index contributed by atoms with van der Waals surface area (Å²) in [4.78, 5) is 24.5. The number of benzene rings is 2. The Bertz CT molecular complexity index is 1090. The molecule has 0 fully saturated rings. The van der Waals surface area contributed by atoms with Gasteiger partial charge in [-0.15, -0.1) is 0 Å². The van der Waals surface area contributed by atoms with Crippen LogP contribution in [0.1, 0.15) is 27.2 Å². The van der Waals surface area contributed by atoms with Crippen LogP contribution in [0, 0.1) is 18.3 Å². The highest BCUT2D eigenvalue weighted by atomic mass is 35.5. The lowest BCUT2D eigenvalue weighted by molar-refractivity contribution is -0.119. The van der Waals surface area contributed by atoms with E-state index < -0.39 is 18.5 Å². The summed E-state index contributed by atoms with van der Waals surface area (Å²) < 4.78 is 6.60. The first-order valence-corrected chi connectivity index (χ1v) is 9.10. The number of nitriles is 1. The number of aromatic nitrogens is 2. The van der Waals surface area contributed by atoms with E-state index in [4.69, 9.17) is 21.6 Å². The van der Waals surface area contributed by atoms with Gasteiger partial charge in [0.25, 0.3) is 5.91 Å². The Kier molecular flexibility index (Phi) is 6.27. The van der Waals surface area contributed by atoms with Crippen molar-refractivity contribution in [2.24, 2.45) is 0 Å². The lowest BCUT2D eigenvalue weighted by Gasteiger charge is -2.08. The number of amides is 1. The summed E-state index contributed by atoms with van der Waals surface area (Å²) in [6.45, 7) is 1.53. The number of esters is 1. The predicted octanol–water partition coefficient (Wildman–Crippen LogP) is 3.56. The number of ether oxygens (including phenoxy) is 1. The Morgan fingerprint density at radius 2 is 1.86 bits per heavy atom. The summed E-state index contributed by atoms with van der Waals surface area (Å²) in [5.41, 5.74) is 2.17. The summed E-state index contributed by atoms with van der Waals surface area (Å²) in [5.74, 6) is -1.30. The van der Waals surface area contributed by atoms with E-state index in [1.807, 2.05) is 36.4 Å². The van der Waals surface area contributed by atoms with Gasteiger partial charge in [0.05, 0.1) is 23.5 Å². The van der Waals surface area contributed by atoms with Gasteiger partial charge in [-0.3, -0.25) is 4.79 Å². The molecule has 7 nitrogen and oxygen atoms in total. The van der Waals surface area contributed by atoms with E-state index in [0.717, 1.165) is 5.56 Å². The standard InChI is InChI=1S/C21H17ClN4O3/c1-14-19(20(22)26(25-14)12-15-7-3-2-4-8-15)21(28)29-13-18(27)24-17-10-6-5-9-16(17)11-23/h2-10H,12-13H2,1H3,(H,24,27). The van der Waals surface area contributed by atoms with Gasteiger partial charge in [-0.1, -0.05) is 54.1 Å². The van der Waals surface area contributed by atoms with Crippen molar-refractivity contribution >= 4 is 29.2 Å². The third-order valence-electron chi connectivity index (χ3n) is 4.10. The van der Waals surface area contributed by atoms with Crippen LogP contribution in [-0.4, -0.2) is 28.3 Å². The maximum atomic E-state index is 12.4. The minimum atomic E-state index is -0.740. The van der Waals surface area contributed by atoms with Crippen molar-refractivity contribution in [3.8, 4) is 6.07 Å². The average Bonchev–Trinajstić information content (AvgIpc) is 3.00. The number of hydrogen-bond donors (Lipinski definition) is 1. The number of nitrogens with one attached hydrogen (secondary N) is 1. The Labute approximate surface area is 172 Å². The van der Waals surface area contributed by atoms with Gasteiger partial charge < -0.3 is 10.1 Å². The second-order valence-electron chi connectivity index (χ2n) is 6.18. The second kappa shape index (κ2) is 9.04. The molecule has 0 bridgehead atoms. The maximum absolute atomic E-state index is 12.4. The topological polar surface area (TPSA) is 97.0 Å². The van der Waals surface area contributed by atoms with E-state index in [1.165, 1.54) is 4.68 Å². The quantitative estimate of drug-likeness (QED) is 0.629. The Morgan fingerprint density at radius 1 is 1.17 bits per heavy atom. The molecule has 3 rings (SSSR count). The van der Waals surface area contributed by atoms with Crippen molar-refractivity contribution in [2.75, 3.05) is 11.9 Å². The number of para-hydroxylation sites is 1. The molecule has 0 atom stereocenters. The molecule has 0 aliphatic carbocycles. The zero-order valence-electron chi connectivity index (χ0n) is 15.6. The van der Waals surface area contributed by atoms with E-state index in [2.05, 4.69) is 10.4 Å². The van der Waals surface area contributed by atoms with Crippen LogP contribution in [0.25, 0.3) is 0 Å². The Balaban J connectivity index is 1.65. The number of hydrogen-bond acceptors (Lipinski definition) is 5. The lowest BCUT2D eigenvalue weighted by atomic mass is 10.2. The van der Waals surface area contributed by atoms with Gasteiger partial charge in [0.2, 0.25) is 0 Å². The molecule has 0 saturated heterocycles. The van der Waals surface area contributed by atoms with Gasteiger partial charge >= 0.3 is 5.97 Å². The second-order valence-corrected chi connectivity index (χ2v) is 6.53. The molecular formula is C21H17ClN4O3. The van der Waals surface area contributed by atoms with Crippen LogP contribution in [0.3, 0.4) is 0 Å². The summed E-state index contributed by atoms with van der Waals surface area (Å²) in [7, 11) is 0. The fourth-order valence-corrected chi connectivity index (χ4v) is 3.04. The van der Waals surface area contributed by atoms with Crippen LogP contribution < -0.4 is 5.32 Å². The third kappa shape index (κ3) is 4.81. The summed E-state index contributed by atoms with van der Waals surface area (Å²) >= 11 is 6.32. The molecule has 1 aromatic heterocycles. The number of anilines is 1. The maximum Gasteiger partial charge on any atom is 0.343 e. The number of carbonyl (C=O) groups excluding carboxylic acids is 2. The number of nitrogens with zero attached hydrogens (tertiary/aromatic N) is 3. The number of rotatable bonds is 6. The summed E-state index contributed by atoms with van der Waals surface area (Å²) in [5, 5.41) is 16.0. The molecule has 0 saturated carbocycles. The van der Waals surface area contributed by atoms with Crippen molar-refractivity contribution in [2.45, 2.75) is 13.5 Å². The summed E-state index contributed by atoms with van der Waals surface area (Å²) in [6, 6.07) is 18.1. The van der Waals surface area contributed by atoms with Gasteiger partial charge in [-0.2, -0.15) is 10.4 Å². The van der Waals surface area contributed by atoms with Crippen molar-refractivity contribution in [1.82, 2.24) is 9.78 Å². The highest BCUT2D eigenvalue weighted by Crippen LogP contribution is 2.22. The van der Waals surface area contributed by atoms with Gasteiger partial charge in [0.15, 0.2) is 6.61 Å². The van der Waals surface area contributed by atoms with E-state index in [9.17, 15) is 9.59 Å². The molecular weight excluding hydrogens is 392 g/mol. The fraction of sp³-hybridized carbons (Fsp3) is 0.143. The molecule has 0 aliphatic rings. The molecule has 8 heteroatoms. The first-order valence-electron chi connectivity index (χ1n) is 8.72. The van der Waals surface area contributed by atoms with Crippen molar-refractivity contribution in [3.05, 3.63) is 82.1 Å². The van der Waals surface area contributed by atoms with Crippen LogP contribution in [0.5, 0.6) is 0 Å². The van der Waals surface area contributed by atoms with Gasteiger partial charge in [-0.25, -0.2) is 9.48 Å². The number of carbonyl (C=O) groups is 2. The molecule has 2 aromatic carbocycles. The third-order valence-corrected chi connectivity index (χ3v) is 4.48. The van der Waals surface area contributed by atoms with Crippen LogP contribution in [-0.2, 0) is 16.1 Å². The molecule has 0 unspecified atom stereocenters. The highest BCUT2D eigenvalue weighted by Gasteiger charge is 2.22. The van der Waals surface area contributed by atoms with Gasteiger partial charge in [-0.05, 0) is 24.6 Å². The van der Waals surface area contributed by atoms with E-state index in [0.29, 0.717) is 23.5 Å². The predicted molar refractivity (Wildman–Crippen MR) is 108 cm³/mol. The van der Waals surface area contributed by atoms with Gasteiger partial charge in [0, 0.05) is 0 Å². The summed E-state index contributed by atoms with van der Waals surface area (Å²) in [6.07, 6.45) is 0. The van der Waals surface area contributed by atoms with Crippen LogP contribution in [0.2, 0.25) is 5.15 Å². The normalized spacial score (nSPS) is 10.2. The number of aryl methyl sites for hydroxylation is 1. The molecule has 29 heavy (non-hydrogen) atoms. The minimum absolute atomic E-state index is 0.118. The molecule has 1 N–H and O–H groups in total. The minimum Gasteiger partial charge on any atom is -0.452 e. The van der Waals surface area contributed by atoms with Crippen LogP contribution in [0.4, 0.5) is 5.69 Å². The SMILES string of the molecule is Cc1nn(Cc2ccccc2)c(Cl)c1C(=O)OCC(=O)Nc1ccccc1C#N. The molecule has 146 valence electrons. The monoisotopic (exact) mass is 408 g/mol. The first-order chi connectivity index (χ1) is 14.0. The smallest absolute Gasteiger partial charge is 0.343 e. The molecule has 0 spiro atoms. The van der Waals surface area contributed by atoms with Crippen LogP contribution in [0.15, 0.2) is 54.6 Å². The van der Waals surface area contributed by atoms with E-state index >= 15 is 0 Å². The highest BCUT2D eigenvalue weighted by molar-refractivity contribution is 6.32. The molecule has 0 radical (unpaired) electrons. The van der Waals surface area contributed by atoms with Crippen molar-refractivity contribution < 1.29 is 14.3 Å². The Morgan fingerprint density at radius 3 is 2.59 bits per heavy atom. The lowest BCUT2D eigenvalue weighted by Crippen LogP contribution is -2.21. The van der Waals surface area contributed by atoms with E-state index in [-0.39, 0.29) is 10.7 Å². The average molecular weight is 409 g/mol. The molecule has 1 heterocycles. The van der Waals surface area contributed by atoms with Gasteiger partial charge in [0.1, 0.15) is 16.8 Å². The fourth-order valence-electron chi connectivity index (χ4n) is 2.73. The van der Waals surface area contributed by atoms with Crippen molar-refractivity contribution in [1.29, 1.82) is 5.26 Å². The molecule has 0 aliphatic heterocycles. The van der Waals surface area contributed by atoms with E-state index in [1.54, 1.807) is 31.2 Å². The molecule has 3 aromatic rings. The Hall–Kier alpha value is -3.63. The molecule has 1 amide bonds. The van der Waals surface area contributed by atoms with Crippen LogP contribution >= 0.6 is 11.6 Å². The number of halogens is 1.